The third kappa shape index (κ3) is 1.85. The van der Waals surface area contributed by atoms with Gasteiger partial charge in [-0.05, 0) is 36.4 Å². The molecule has 100 valence electrons. The van der Waals surface area contributed by atoms with Crippen molar-refractivity contribution in [2.24, 2.45) is 0 Å². The highest BCUT2D eigenvalue weighted by molar-refractivity contribution is 5.88. The molecule has 0 radical (unpaired) electrons. The van der Waals surface area contributed by atoms with Crippen molar-refractivity contribution in [2.45, 2.75) is 0 Å². The van der Waals surface area contributed by atoms with Crippen LogP contribution in [0.25, 0.3) is 22.3 Å². The fourth-order valence-electron chi connectivity index (χ4n) is 2.00. The van der Waals surface area contributed by atoms with Crippen molar-refractivity contribution in [2.75, 3.05) is 0 Å². The Labute approximate surface area is 113 Å². The first-order chi connectivity index (χ1) is 9.56. The Balaban J connectivity index is 2.32. The van der Waals surface area contributed by atoms with E-state index in [4.69, 9.17) is 4.42 Å². The molecule has 0 spiro atoms. The summed E-state index contributed by atoms with van der Waals surface area (Å²) >= 11 is 0. The van der Waals surface area contributed by atoms with Crippen molar-refractivity contribution in [3.63, 3.8) is 0 Å². The van der Waals surface area contributed by atoms with E-state index in [-0.39, 0.29) is 34.0 Å². The summed E-state index contributed by atoms with van der Waals surface area (Å²) in [5, 5.41) is 28.6. The fourth-order valence-corrected chi connectivity index (χ4v) is 2.00. The minimum absolute atomic E-state index is 0.0625. The van der Waals surface area contributed by atoms with Gasteiger partial charge < -0.3 is 19.7 Å². The molecule has 0 amide bonds. The van der Waals surface area contributed by atoms with E-state index in [0.717, 1.165) is 0 Å². The summed E-state index contributed by atoms with van der Waals surface area (Å²) in [5.74, 6) is -0.139. The molecule has 0 fully saturated rings. The van der Waals surface area contributed by atoms with E-state index in [1.807, 2.05) is 0 Å². The zero-order chi connectivity index (χ0) is 14.3. The molecule has 0 unspecified atom stereocenters. The van der Waals surface area contributed by atoms with E-state index >= 15 is 0 Å². The predicted octanol–water partition coefficient (Wildman–Crippen LogP) is 2.58. The van der Waals surface area contributed by atoms with E-state index in [9.17, 15) is 20.1 Å². The first-order valence-corrected chi connectivity index (χ1v) is 5.84. The first-order valence-electron chi connectivity index (χ1n) is 5.84. The maximum atomic E-state index is 12.0. The van der Waals surface area contributed by atoms with Gasteiger partial charge in [0, 0.05) is 11.6 Å². The Hall–Kier alpha value is -2.95. The molecule has 0 saturated heterocycles. The van der Waals surface area contributed by atoms with Crippen LogP contribution in [-0.2, 0) is 0 Å². The van der Waals surface area contributed by atoms with Crippen molar-refractivity contribution >= 4 is 11.0 Å². The largest absolute Gasteiger partial charge is 0.508 e. The highest BCUT2D eigenvalue weighted by atomic mass is 16.4. The van der Waals surface area contributed by atoms with Gasteiger partial charge in [-0.2, -0.15) is 0 Å². The number of phenolic OH excluding ortho intramolecular Hbond substituents is 3. The predicted molar refractivity (Wildman–Crippen MR) is 72.9 cm³/mol. The molecule has 3 aromatic rings. The lowest BCUT2D eigenvalue weighted by Gasteiger charge is -2.05. The topological polar surface area (TPSA) is 90.9 Å². The Kier molecular flexibility index (Phi) is 2.61. The van der Waals surface area contributed by atoms with Crippen LogP contribution in [0.15, 0.2) is 51.7 Å². The third-order valence-electron chi connectivity index (χ3n) is 2.99. The van der Waals surface area contributed by atoms with Gasteiger partial charge in [0.15, 0.2) is 16.8 Å². The molecule has 3 rings (SSSR count). The van der Waals surface area contributed by atoms with Gasteiger partial charge in [0.2, 0.25) is 0 Å². The molecule has 0 saturated carbocycles. The molecule has 0 bridgehead atoms. The van der Waals surface area contributed by atoms with Crippen LogP contribution in [0.2, 0.25) is 0 Å². The molecule has 0 aliphatic heterocycles. The molecule has 5 heteroatoms. The molecule has 0 aliphatic rings. The average molecular weight is 270 g/mol. The minimum atomic E-state index is -0.456. The first kappa shape index (κ1) is 12.1. The fraction of sp³-hybridized carbons (Fsp3) is 0. The molecule has 1 aromatic heterocycles. The molecular formula is C15H10O5. The summed E-state index contributed by atoms with van der Waals surface area (Å²) in [6.07, 6.45) is 0. The zero-order valence-electron chi connectivity index (χ0n) is 10.2. The molecule has 0 aliphatic carbocycles. The van der Waals surface area contributed by atoms with Gasteiger partial charge in [-0.25, -0.2) is 0 Å². The van der Waals surface area contributed by atoms with Gasteiger partial charge in [0.1, 0.15) is 22.6 Å². The van der Waals surface area contributed by atoms with E-state index in [0.29, 0.717) is 5.56 Å². The summed E-state index contributed by atoms with van der Waals surface area (Å²) in [6, 6.07) is 9.80. The zero-order valence-corrected chi connectivity index (χ0v) is 10.2. The van der Waals surface area contributed by atoms with Gasteiger partial charge in [-0.15, -0.1) is 0 Å². The highest BCUT2D eigenvalue weighted by Gasteiger charge is 2.13. The molecule has 3 N–H and O–H groups in total. The second-order valence-electron chi connectivity index (χ2n) is 4.33. The summed E-state index contributed by atoms with van der Waals surface area (Å²) in [5.41, 5.74) is 0.0489. The van der Waals surface area contributed by atoms with E-state index in [2.05, 4.69) is 0 Å². The summed E-state index contributed by atoms with van der Waals surface area (Å²) < 4.78 is 5.49. The van der Waals surface area contributed by atoms with Crippen LogP contribution in [0.5, 0.6) is 17.2 Å². The van der Waals surface area contributed by atoms with E-state index in [1.165, 1.54) is 30.3 Å². The number of rotatable bonds is 1. The Morgan fingerprint density at radius 3 is 2.20 bits per heavy atom. The number of hydrogen-bond acceptors (Lipinski definition) is 5. The van der Waals surface area contributed by atoms with Crippen LogP contribution in [-0.4, -0.2) is 15.3 Å². The quantitative estimate of drug-likeness (QED) is 0.591. The maximum absolute atomic E-state index is 12.0. The second kappa shape index (κ2) is 4.31. The van der Waals surface area contributed by atoms with Crippen LogP contribution >= 0.6 is 0 Å². The Morgan fingerprint density at radius 1 is 0.850 bits per heavy atom. The van der Waals surface area contributed by atoms with Crippen molar-refractivity contribution in [1.82, 2.24) is 0 Å². The third-order valence-corrected chi connectivity index (χ3v) is 2.99. The lowest BCUT2D eigenvalue weighted by molar-refractivity contribution is 0.455. The monoisotopic (exact) mass is 270 g/mol. The standard InChI is InChI=1S/C15H10O5/c16-9-3-1-8(2-4-9)13-7-12(19)14-10(17)5-6-11(18)15(14)20-13/h1-7,16-18H. The van der Waals surface area contributed by atoms with Crippen molar-refractivity contribution < 1.29 is 19.7 Å². The molecule has 5 nitrogen and oxygen atoms in total. The Morgan fingerprint density at radius 2 is 1.50 bits per heavy atom. The SMILES string of the molecule is O=c1cc(-c2ccc(O)cc2)oc2c(O)ccc(O)c12. The number of hydrogen-bond donors (Lipinski definition) is 3. The van der Waals surface area contributed by atoms with Crippen LogP contribution in [0.3, 0.4) is 0 Å². The number of aromatic hydroxyl groups is 3. The molecule has 20 heavy (non-hydrogen) atoms. The van der Waals surface area contributed by atoms with Crippen LogP contribution in [0.1, 0.15) is 0 Å². The second-order valence-corrected chi connectivity index (χ2v) is 4.33. The van der Waals surface area contributed by atoms with Gasteiger partial charge in [-0.1, -0.05) is 0 Å². The van der Waals surface area contributed by atoms with Gasteiger partial charge in [0.25, 0.3) is 0 Å². The maximum Gasteiger partial charge on any atom is 0.197 e. The molecular weight excluding hydrogens is 260 g/mol. The molecule has 2 aromatic carbocycles. The lowest BCUT2D eigenvalue weighted by Crippen LogP contribution is -2.00. The van der Waals surface area contributed by atoms with Crippen molar-refractivity contribution in [3.05, 3.63) is 52.7 Å². The summed E-state index contributed by atoms with van der Waals surface area (Å²) in [7, 11) is 0. The summed E-state index contributed by atoms with van der Waals surface area (Å²) in [4.78, 5) is 12.0. The number of benzene rings is 2. The normalized spacial score (nSPS) is 10.8. The lowest BCUT2D eigenvalue weighted by atomic mass is 10.1. The van der Waals surface area contributed by atoms with Crippen LogP contribution < -0.4 is 5.43 Å². The smallest absolute Gasteiger partial charge is 0.197 e. The minimum Gasteiger partial charge on any atom is -0.508 e. The summed E-state index contributed by atoms with van der Waals surface area (Å²) in [6.45, 7) is 0. The average Bonchev–Trinajstić information content (AvgIpc) is 2.43. The Bertz CT molecular complexity index is 847. The van der Waals surface area contributed by atoms with Crippen LogP contribution in [0, 0.1) is 0 Å². The molecule has 1 heterocycles. The van der Waals surface area contributed by atoms with E-state index < -0.39 is 5.43 Å². The van der Waals surface area contributed by atoms with Crippen molar-refractivity contribution in [1.29, 1.82) is 0 Å². The highest BCUT2D eigenvalue weighted by Crippen LogP contribution is 2.32. The van der Waals surface area contributed by atoms with Gasteiger partial charge in [-0.3, -0.25) is 4.79 Å². The van der Waals surface area contributed by atoms with Crippen LogP contribution in [0.4, 0.5) is 0 Å². The van der Waals surface area contributed by atoms with E-state index in [1.54, 1.807) is 12.1 Å². The van der Waals surface area contributed by atoms with Gasteiger partial charge in [0.05, 0.1) is 0 Å². The number of phenols is 3. The van der Waals surface area contributed by atoms with Gasteiger partial charge >= 0.3 is 0 Å². The van der Waals surface area contributed by atoms with Crippen molar-refractivity contribution in [3.8, 4) is 28.6 Å². The molecule has 0 atom stereocenters. The number of fused-ring (bicyclic) bond motifs is 1.